The average Bonchev–Trinajstić information content (AvgIpc) is 2.99. The summed E-state index contributed by atoms with van der Waals surface area (Å²) < 4.78 is 2.14. The summed E-state index contributed by atoms with van der Waals surface area (Å²) in [6, 6.07) is 6.51. The molecule has 0 saturated heterocycles. The molecule has 1 fully saturated rings. The van der Waals surface area contributed by atoms with E-state index in [-0.39, 0.29) is 0 Å². The lowest BCUT2D eigenvalue weighted by Crippen LogP contribution is -2.04. The van der Waals surface area contributed by atoms with Gasteiger partial charge in [0, 0.05) is 38.2 Å². The summed E-state index contributed by atoms with van der Waals surface area (Å²) in [5, 5.41) is 4.76. The van der Waals surface area contributed by atoms with Gasteiger partial charge in [-0.1, -0.05) is 35.7 Å². The average molecular weight is 412 g/mol. The highest BCUT2D eigenvalue weighted by atomic mass is 79.9. The highest BCUT2D eigenvalue weighted by molar-refractivity contribution is 9.11. The van der Waals surface area contributed by atoms with Gasteiger partial charge in [0.25, 0.3) is 0 Å². The molecule has 0 unspecified atom stereocenters. The second-order valence-electron chi connectivity index (χ2n) is 5.79. The molecular formula is C17H20Br2N2. The maximum Gasteiger partial charge on any atom is 0.0868 e. The van der Waals surface area contributed by atoms with Crippen LogP contribution in [-0.4, -0.2) is 11.5 Å². The van der Waals surface area contributed by atoms with Gasteiger partial charge in [-0.2, -0.15) is 0 Å². The van der Waals surface area contributed by atoms with Crippen LogP contribution in [0.15, 0.2) is 27.1 Å². The number of fused-ring (bicyclic) bond motifs is 1. The lowest BCUT2D eigenvalue weighted by Gasteiger charge is -2.16. The van der Waals surface area contributed by atoms with Crippen LogP contribution in [0.3, 0.4) is 0 Å². The first-order valence-corrected chi connectivity index (χ1v) is 9.31. The Morgan fingerprint density at radius 2 is 1.95 bits per heavy atom. The molecule has 0 radical (unpaired) electrons. The van der Waals surface area contributed by atoms with E-state index in [9.17, 15) is 0 Å². The fraction of sp³-hybridized carbons (Fsp3) is 0.471. The highest BCUT2D eigenvalue weighted by Crippen LogP contribution is 2.38. The fourth-order valence-electron chi connectivity index (χ4n) is 3.11. The zero-order valence-corrected chi connectivity index (χ0v) is 15.4. The van der Waals surface area contributed by atoms with Crippen LogP contribution in [-0.2, 0) is 0 Å². The maximum absolute atomic E-state index is 4.96. The van der Waals surface area contributed by atoms with Crippen LogP contribution in [0.4, 0.5) is 5.69 Å². The van der Waals surface area contributed by atoms with E-state index in [1.807, 2.05) is 0 Å². The van der Waals surface area contributed by atoms with Gasteiger partial charge in [-0.15, -0.1) is 0 Å². The van der Waals surface area contributed by atoms with Crippen LogP contribution in [0.5, 0.6) is 0 Å². The number of rotatable bonds is 4. The van der Waals surface area contributed by atoms with E-state index in [4.69, 9.17) is 4.98 Å². The van der Waals surface area contributed by atoms with E-state index in [1.54, 1.807) is 0 Å². The summed E-state index contributed by atoms with van der Waals surface area (Å²) >= 11 is 7.26. The van der Waals surface area contributed by atoms with Crippen molar-refractivity contribution in [3.63, 3.8) is 0 Å². The summed E-state index contributed by atoms with van der Waals surface area (Å²) in [5.74, 6) is 0.632. The van der Waals surface area contributed by atoms with Crippen molar-refractivity contribution in [3.8, 4) is 0 Å². The van der Waals surface area contributed by atoms with Crippen molar-refractivity contribution < 1.29 is 0 Å². The Morgan fingerprint density at radius 3 is 2.67 bits per heavy atom. The number of halogens is 2. The predicted molar refractivity (Wildman–Crippen MR) is 97.1 cm³/mol. The normalized spacial score (nSPS) is 15.8. The molecule has 3 rings (SSSR count). The molecule has 2 aromatic rings. The first-order valence-electron chi connectivity index (χ1n) is 7.72. The van der Waals surface area contributed by atoms with E-state index in [0.717, 1.165) is 27.4 Å². The molecule has 1 saturated carbocycles. The summed E-state index contributed by atoms with van der Waals surface area (Å²) in [6.45, 7) is 3.19. The molecule has 0 bridgehead atoms. The van der Waals surface area contributed by atoms with Crippen LogP contribution in [0.25, 0.3) is 10.9 Å². The monoisotopic (exact) mass is 410 g/mol. The molecule has 4 heteroatoms. The molecule has 1 aliphatic carbocycles. The number of nitrogens with zero attached hydrogens (tertiary/aromatic N) is 1. The van der Waals surface area contributed by atoms with Crippen molar-refractivity contribution in [1.82, 2.24) is 4.98 Å². The molecule has 21 heavy (non-hydrogen) atoms. The molecule has 0 atom stereocenters. The summed E-state index contributed by atoms with van der Waals surface area (Å²) in [6.07, 6.45) is 6.35. The summed E-state index contributed by atoms with van der Waals surface area (Å²) in [7, 11) is 0. The predicted octanol–water partition coefficient (Wildman–Crippen LogP) is 6.24. The van der Waals surface area contributed by atoms with Crippen molar-refractivity contribution in [2.24, 2.45) is 0 Å². The lowest BCUT2D eigenvalue weighted by atomic mass is 10.0. The Balaban J connectivity index is 2.13. The van der Waals surface area contributed by atoms with Crippen molar-refractivity contribution in [1.29, 1.82) is 0 Å². The number of aromatic nitrogens is 1. The molecule has 112 valence electrons. The maximum atomic E-state index is 4.96. The Labute approximate surface area is 143 Å². The minimum atomic E-state index is 0.632. The van der Waals surface area contributed by atoms with E-state index in [1.165, 1.54) is 42.5 Å². The van der Waals surface area contributed by atoms with Gasteiger partial charge in [-0.25, -0.2) is 0 Å². The van der Waals surface area contributed by atoms with Gasteiger partial charge >= 0.3 is 0 Å². The molecule has 1 aliphatic rings. The number of hydrogen-bond donors (Lipinski definition) is 1. The molecule has 1 aromatic carbocycles. The van der Waals surface area contributed by atoms with Crippen LogP contribution in [0.1, 0.15) is 50.6 Å². The molecular weight excluding hydrogens is 392 g/mol. The number of pyridine rings is 1. The molecule has 1 heterocycles. The number of benzene rings is 1. The Bertz CT molecular complexity index is 649. The van der Waals surface area contributed by atoms with Crippen molar-refractivity contribution >= 4 is 48.5 Å². The van der Waals surface area contributed by atoms with Crippen LogP contribution < -0.4 is 5.32 Å². The number of hydrogen-bond acceptors (Lipinski definition) is 2. The van der Waals surface area contributed by atoms with Crippen LogP contribution in [0.2, 0.25) is 0 Å². The molecule has 0 aliphatic heterocycles. The van der Waals surface area contributed by atoms with Crippen molar-refractivity contribution in [2.45, 2.75) is 44.9 Å². The largest absolute Gasteiger partial charge is 0.384 e. The standard InChI is InChI=1S/C17H20Br2N2/c1-2-7-20-16-10-15(11-5-3-4-6-11)21-17-13(16)8-12(18)9-14(17)19/h8-11H,2-7H2,1H3,(H,20,21). The van der Waals surface area contributed by atoms with Gasteiger partial charge in [-0.05, 0) is 53.4 Å². The molecule has 0 amide bonds. The Morgan fingerprint density at radius 1 is 1.19 bits per heavy atom. The minimum absolute atomic E-state index is 0.632. The van der Waals surface area contributed by atoms with Gasteiger partial charge < -0.3 is 5.32 Å². The molecule has 0 spiro atoms. The first-order chi connectivity index (χ1) is 10.2. The third-order valence-electron chi connectivity index (χ3n) is 4.19. The third-order valence-corrected chi connectivity index (χ3v) is 5.25. The van der Waals surface area contributed by atoms with Crippen molar-refractivity contribution in [3.05, 3.63) is 32.8 Å². The van der Waals surface area contributed by atoms with Gasteiger partial charge in [-0.3, -0.25) is 4.98 Å². The van der Waals surface area contributed by atoms with E-state index < -0.39 is 0 Å². The first kappa shape index (κ1) is 15.3. The van der Waals surface area contributed by atoms with E-state index in [2.05, 4.69) is 62.3 Å². The van der Waals surface area contributed by atoms with Crippen molar-refractivity contribution in [2.75, 3.05) is 11.9 Å². The Kier molecular flexibility index (Phi) is 4.85. The van der Waals surface area contributed by atoms with Gasteiger partial charge in [0.2, 0.25) is 0 Å². The molecule has 2 nitrogen and oxygen atoms in total. The minimum Gasteiger partial charge on any atom is -0.384 e. The smallest absolute Gasteiger partial charge is 0.0868 e. The van der Waals surface area contributed by atoms with Crippen LogP contribution >= 0.6 is 31.9 Å². The molecule has 1 N–H and O–H groups in total. The second kappa shape index (κ2) is 6.66. The second-order valence-corrected chi connectivity index (χ2v) is 7.56. The number of nitrogens with one attached hydrogen (secondary N) is 1. The third kappa shape index (κ3) is 3.26. The zero-order valence-electron chi connectivity index (χ0n) is 12.3. The topological polar surface area (TPSA) is 24.9 Å². The van der Waals surface area contributed by atoms with E-state index >= 15 is 0 Å². The van der Waals surface area contributed by atoms with Crippen LogP contribution in [0, 0.1) is 0 Å². The summed E-state index contributed by atoms with van der Waals surface area (Å²) in [4.78, 5) is 4.96. The lowest BCUT2D eigenvalue weighted by molar-refractivity contribution is 0.701. The SMILES string of the molecule is CCCNc1cc(C2CCCC2)nc2c(Br)cc(Br)cc12. The molecule has 1 aromatic heterocycles. The highest BCUT2D eigenvalue weighted by Gasteiger charge is 2.20. The van der Waals surface area contributed by atoms with Gasteiger partial charge in [0.1, 0.15) is 0 Å². The summed E-state index contributed by atoms with van der Waals surface area (Å²) in [5.41, 5.74) is 3.54. The zero-order chi connectivity index (χ0) is 14.8. The Hall–Kier alpha value is -0.610. The number of anilines is 1. The van der Waals surface area contributed by atoms with Gasteiger partial charge in [0.05, 0.1) is 5.52 Å². The fourth-order valence-corrected chi connectivity index (χ4v) is 4.42. The van der Waals surface area contributed by atoms with E-state index in [0.29, 0.717) is 5.92 Å². The van der Waals surface area contributed by atoms with Gasteiger partial charge in [0.15, 0.2) is 0 Å². The quantitative estimate of drug-likeness (QED) is 0.643.